The number of hydrogen-bond donors (Lipinski definition) is 1. The van der Waals surface area contributed by atoms with Crippen LogP contribution in [0.4, 0.5) is 0 Å². The van der Waals surface area contributed by atoms with E-state index in [-0.39, 0.29) is 6.10 Å². The van der Waals surface area contributed by atoms with Gasteiger partial charge in [0.1, 0.15) is 6.10 Å². The molecule has 2 heteroatoms. The number of aromatic amines is 1. The van der Waals surface area contributed by atoms with E-state index in [0.29, 0.717) is 0 Å². The molecule has 0 spiro atoms. The predicted molar refractivity (Wildman–Crippen MR) is 104 cm³/mol. The molecule has 4 aromatic rings. The van der Waals surface area contributed by atoms with Gasteiger partial charge in [0, 0.05) is 29.3 Å². The van der Waals surface area contributed by atoms with E-state index in [1.807, 2.05) is 6.07 Å². The number of rotatable bonds is 4. The summed E-state index contributed by atoms with van der Waals surface area (Å²) < 4.78 is 5.90. The summed E-state index contributed by atoms with van der Waals surface area (Å²) in [5.41, 5.74) is 7.12. The molecule has 0 fully saturated rings. The van der Waals surface area contributed by atoms with Crippen molar-refractivity contribution in [2.24, 2.45) is 0 Å². The van der Waals surface area contributed by atoms with Gasteiger partial charge < -0.3 is 9.72 Å². The van der Waals surface area contributed by atoms with E-state index < -0.39 is 0 Å². The molecular formula is C23H21NO. The minimum atomic E-state index is -0.0824. The molecule has 2 nitrogen and oxygen atoms in total. The van der Waals surface area contributed by atoms with Crippen molar-refractivity contribution in [1.82, 2.24) is 4.98 Å². The molecule has 1 aromatic heterocycles. The SMILES string of the molecule is COC(c1ccc(-c2ccccc2)cc1)c1c(C)[nH]c2ccccc12. The summed E-state index contributed by atoms with van der Waals surface area (Å²) in [4.78, 5) is 3.47. The van der Waals surface area contributed by atoms with Gasteiger partial charge in [-0.1, -0.05) is 72.8 Å². The van der Waals surface area contributed by atoms with Gasteiger partial charge in [-0.3, -0.25) is 0 Å². The molecule has 0 saturated heterocycles. The third-order valence-electron chi connectivity index (χ3n) is 4.76. The van der Waals surface area contributed by atoms with Gasteiger partial charge >= 0.3 is 0 Å². The first-order chi connectivity index (χ1) is 12.3. The number of hydrogen-bond acceptors (Lipinski definition) is 1. The van der Waals surface area contributed by atoms with E-state index in [2.05, 4.69) is 84.7 Å². The first-order valence-corrected chi connectivity index (χ1v) is 8.53. The van der Waals surface area contributed by atoms with Gasteiger partial charge in [0.2, 0.25) is 0 Å². The van der Waals surface area contributed by atoms with Crippen LogP contribution in [0.1, 0.15) is 22.9 Å². The second-order valence-electron chi connectivity index (χ2n) is 6.31. The van der Waals surface area contributed by atoms with E-state index in [0.717, 1.165) is 16.8 Å². The van der Waals surface area contributed by atoms with Gasteiger partial charge in [-0.05, 0) is 29.7 Å². The van der Waals surface area contributed by atoms with Crippen molar-refractivity contribution in [2.45, 2.75) is 13.0 Å². The maximum absolute atomic E-state index is 5.90. The fourth-order valence-electron chi connectivity index (χ4n) is 3.54. The lowest BCUT2D eigenvalue weighted by Crippen LogP contribution is -2.04. The molecule has 3 aromatic carbocycles. The van der Waals surface area contributed by atoms with Gasteiger partial charge in [-0.25, -0.2) is 0 Å². The average Bonchev–Trinajstić information content (AvgIpc) is 3.00. The highest BCUT2D eigenvalue weighted by Gasteiger charge is 2.20. The normalized spacial score (nSPS) is 12.4. The highest BCUT2D eigenvalue weighted by molar-refractivity contribution is 5.85. The number of aromatic nitrogens is 1. The van der Waals surface area contributed by atoms with Crippen LogP contribution >= 0.6 is 0 Å². The lowest BCUT2D eigenvalue weighted by molar-refractivity contribution is 0.137. The smallest absolute Gasteiger partial charge is 0.109 e. The van der Waals surface area contributed by atoms with E-state index in [9.17, 15) is 0 Å². The summed E-state index contributed by atoms with van der Waals surface area (Å²) in [6.45, 7) is 2.11. The lowest BCUT2D eigenvalue weighted by Gasteiger charge is -2.17. The number of nitrogens with one attached hydrogen (secondary N) is 1. The molecule has 0 aliphatic rings. The highest BCUT2D eigenvalue weighted by Crippen LogP contribution is 2.34. The number of H-pyrrole nitrogens is 1. The molecule has 1 atom stereocenters. The summed E-state index contributed by atoms with van der Waals surface area (Å²) in [7, 11) is 1.77. The lowest BCUT2D eigenvalue weighted by atomic mass is 9.96. The van der Waals surface area contributed by atoms with E-state index in [1.165, 1.54) is 22.1 Å². The quantitative estimate of drug-likeness (QED) is 0.497. The highest BCUT2D eigenvalue weighted by atomic mass is 16.5. The zero-order valence-corrected chi connectivity index (χ0v) is 14.5. The van der Waals surface area contributed by atoms with Crippen molar-refractivity contribution in [3.63, 3.8) is 0 Å². The summed E-state index contributed by atoms with van der Waals surface area (Å²) in [6, 6.07) is 27.5. The van der Waals surface area contributed by atoms with Gasteiger partial charge in [-0.15, -0.1) is 0 Å². The van der Waals surface area contributed by atoms with Gasteiger partial charge in [-0.2, -0.15) is 0 Å². The third-order valence-corrected chi connectivity index (χ3v) is 4.76. The topological polar surface area (TPSA) is 25.0 Å². The monoisotopic (exact) mass is 327 g/mol. The Morgan fingerprint density at radius 3 is 2.12 bits per heavy atom. The molecule has 0 saturated carbocycles. The molecule has 0 aliphatic carbocycles. The summed E-state index contributed by atoms with van der Waals surface area (Å²) in [5, 5.41) is 1.22. The molecule has 124 valence electrons. The molecule has 0 amide bonds. The Hall–Kier alpha value is -2.84. The van der Waals surface area contributed by atoms with Crippen molar-refractivity contribution < 1.29 is 4.74 Å². The molecule has 1 heterocycles. The van der Waals surface area contributed by atoms with Crippen molar-refractivity contribution in [3.8, 4) is 11.1 Å². The van der Waals surface area contributed by atoms with Gasteiger partial charge in [0.05, 0.1) is 0 Å². The standard InChI is InChI=1S/C23H21NO/c1-16-22(20-10-6-7-11-21(20)24-16)23(25-2)19-14-12-18(13-15-19)17-8-4-3-5-9-17/h3-15,23-24H,1-2H3. The Balaban J connectivity index is 1.75. The fourth-order valence-corrected chi connectivity index (χ4v) is 3.54. The predicted octanol–water partition coefficient (Wildman–Crippen LogP) is 5.88. The number of methoxy groups -OCH3 is 1. The Kier molecular flexibility index (Phi) is 4.12. The molecule has 0 bridgehead atoms. The molecular weight excluding hydrogens is 306 g/mol. The third kappa shape index (κ3) is 2.86. The van der Waals surface area contributed by atoms with Crippen LogP contribution in [0.2, 0.25) is 0 Å². The molecule has 25 heavy (non-hydrogen) atoms. The Morgan fingerprint density at radius 2 is 1.40 bits per heavy atom. The number of para-hydroxylation sites is 1. The largest absolute Gasteiger partial charge is 0.372 e. The van der Waals surface area contributed by atoms with Crippen molar-refractivity contribution in [1.29, 1.82) is 0 Å². The van der Waals surface area contributed by atoms with Crippen LogP contribution in [0.25, 0.3) is 22.0 Å². The van der Waals surface area contributed by atoms with Crippen molar-refractivity contribution in [3.05, 3.63) is 95.7 Å². The zero-order chi connectivity index (χ0) is 17.2. The fraction of sp³-hybridized carbons (Fsp3) is 0.130. The van der Waals surface area contributed by atoms with E-state index in [1.54, 1.807) is 7.11 Å². The molecule has 4 rings (SSSR count). The second kappa shape index (κ2) is 6.58. The van der Waals surface area contributed by atoms with Gasteiger partial charge in [0.15, 0.2) is 0 Å². The van der Waals surface area contributed by atoms with Crippen LogP contribution in [-0.2, 0) is 4.74 Å². The van der Waals surface area contributed by atoms with Crippen molar-refractivity contribution >= 4 is 10.9 Å². The molecule has 0 radical (unpaired) electrons. The minimum Gasteiger partial charge on any atom is -0.372 e. The van der Waals surface area contributed by atoms with Crippen LogP contribution in [0.15, 0.2) is 78.9 Å². The van der Waals surface area contributed by atoms with E-state index >= 15 is 0 Å². The zero-order valence-electron chi connectivity index (χ0n) is 14.5. The van der Waals surface area contributed by atoms with Crippen molar-refractivity contribution in [2.75, 3.05) is 7.11 Å². The Bertz CT molecular complexity index is 984. The first kappa shape index (κ1) is 15.7. The first-order valence-electron chi connectivity index (χ1n) is 8.53. The maximum atomic E-state index is 5.90. The van der Waals surface area contributed by atoms with Gasteiger partial charge in [0.25, 0.3) is 0 Å². The van der Waals surface area contributed by atoms with Crippen LogP contribution < -0.4 is 0 Å². The van der Waals surface area contributed by atoms with E-state index in [4.69, 9.17) is 4.74 Å². The number of benzene rings is 3. The van der Waals surface area contributed by atoms with Crippen LogP contribution in [-0.4, -0.2) is 12.1 Å². The summed E-state index contributed by atoms with van der Waals surface area (Å²) in [5.74, 6) is 0. The van der Waals surface area contributed by atoms with Crippen LogP contribution in [0, 0.1) is 6.92 Å². The maximum Gasteiger partial charge on any atom is 0.109 e. The Morgan fingerprint density at radius 1 is 0.760 bits per heavy atom. The molecule has 1 unspecified atom stereocenters. The summed E-state index contributed by atoms with van der Waals surface area (Å²) in [6.07, 6.45) is -0.0824. The minimum absolute atomic E-state index is 0.0824. The Labute approximate surface area is 148 Å². The number of ether oxygens (including phenoxy) is 1. The van der Waals surface area contributed by atoms with Crippen LogP contribution in [0.5, 0.6) is 0 Å². The molecule has 1 N–H and O–H groups in total. The second-order valence-corrected chi connectivity index (χ2v) is 6.31. The summed E-state index contributed by atoms with van der Waals surface area (Å²) >= 11 is 0. The molecule has 0 aliphatic heterocycles. The van der Waals surface area contributed by atoms with Crippen LogP contribution in [0.3, 0.4) is 0 Å². The average molecular weight is 327 g/mol. The number of fused-ring (bicyclic) bond motifs is 1. The number of aryl methyl sites for hydroxylation is 1.